The maximum Gasteiger partial charge on any atom is 0.0546 e. The van der Waals surface area contributed by atoms with Crippen molar-refractivity contribution in [3.8, 4) is 44.5 Å². The summed E-state index contributed by atoms with van der Waals surface area (Å²) >= 11 is 0. The van der Waals surface area contributed by atoms with Crippen molar-refractivity contribution >= 4 is 27.8 Å². The van der Waals surface area contributed by atoms with Crippen LogP contribution in [0.25, 0.3) is 55.3 Å². The molecule has 1 nitrogen and oxygen atoms in total. The Morgan fingerprint density at radius 2 is 0.923 bits per heavy atom. The van der Waals surface area contributed by atoms with Gasteiger partial charge in [-0.15, -0.1) is 0 Å². The standard InChI is InChI=1S/C51H41N/c1-3-51(4-2)47-26-16-25-44(38-19-10-6-11-20-38)50(47)45-32-31-43(35-48(45)51)52(42-29-27-37(28-30-42)36-17-8-5-9-18-36)49-34-41-24-15-14-23-40(41)33-46(49)39-21-12-7-13-22-39/h5-35H,3-4H2,1-2H3. The number of hydrogen-bond donors (Lipinski definition) is 0. The Balaban J connectivity index is 1.29. The van der Waals surface area contributed by atoms with Gasteiger partial charge in [0.2, 0.25) is 0 Å². The average molecular weight is 668 g/mol. The van der Waals surface area contributed by atoms with Gasteiger partial charge in [-0.25, -0.2) is 0 Å². The molecule has 0 heterocycles. The minimum absolute atomic E-state index is 0.0834. The molecule has 0 radical (unpaired) electrons. The summed E-state index contributed by atoms with van der Waals surface area (Å²) in [5.74, 6) is 0. The minimum atomic E-state index is -0.0834. The van der Waals surface area contributed by atoms with Crippen molar-refractivity contribution in [3.05, 3.63) is 199 Å². The first kappa shape index (κ1) is 31.8. The molecule has 52 heavy (non-hydrogen) atoms. The molecule has 250 valence electrons. The lowest BCUT2D eigenvalue weighted by molar-refractivity contribution is 0.490. The topological polar surface area (TPSA) is 3.24 Å². The Morgan fingerprint density at radius 1 is 0.385 bits per heavy atom. The highest BCUT2D eigenvalue weighted by atomic mass is 15.1. The van der Waals surface area contributed by atoms with Gasteiger partial charge in [0.1, 0.15) is 0 Å². The second-order valence-electron chi connectivity index (χ2n) is 13.9. The molecule has 0 saturated heterocycles. The van der Waals surface area contributed by atoms with Crippen LogP contribution in [0.2, 0.25) is 0 Å². The number of nitrogens with zero attached hydrogens (tertiary/aromatic N) is 1. The van der Waals surface area contributed by atoms with Gasteiger partial charge >= 0.3 is 0 Å². The lowest BCUT2D eigenvalue weighted by atomic mass is 9.73. The lowest BCUT2D eigenvalue weighted by Crippen LogP contribution is -2.23. The maximum absolute atomic E-state index is 2.51. The molecule has 0 spiro atoms. The molecular weight excluding hydrogens is 627 g/mol. The summed E-state index contributed by atoms with van der Waals surface area (Å²) < 4.78 is 0. The molecule has 1 aliphatic rings. The monoisotopic (exact) mass is 667 g/mol. The molecular formula is C51H41N. The third-order valence-electron chi connectivity index (χ3n) is 11.3. The molecule has 0 fully saturated rings. The van der Waals surface area contributed by atoms with E-state index in [4.69, 9.17) is 0 Å². The Morgan fingerprint density at radius 3 is 1.56 bits per heavy atom. The highest BCUT2D eigenvalue weighted by Crippen LogP contribution is 2.57. The van der Waals surface area contributed by atoms with E-state index in [1.54, 1.807) is 0 Å². The Bertz CT molecular complexity index is 2510. The SMILES string of the molecule is CCC1(CC)c2cc(N(c3ccc(-c4ccccc4)cc3)c3cc4ccccc4cc3-c3ccccc3)ccc2-c2c(-c3ccccc3)cccc21. The number of benzene rings is 8. The van der Waals surface area contributed by atoms with Gasteiger partial charge in [0.15, 0.2) is 0 Å². The van der Waals surface area contributed by atoms with E-state index in [1.807, 2.05) is 0 Å². The second-order valence-corrected chi connectivity index (χ2v) is 13.9. The van der Waals surface area contributed by atoms with E-state index in [0.29, 0.717) is 0 Å². The van der Waals surface area contributed by atoms with E-state index >= 15 is 0 Å². The molecule has 0 aliphatic heterocycles. The predicted octanol–water partition coefficient (Wildman–Crippen LogP) is 14.4. The lowest BCUT2D eigenvalue weighted by Gasteiger charge is -2.32. The second kappa shape index (κ2) is 13.2. The Labute approximate surface area is 307 Å². The van der Waals surface area contributed by atoms with Crippen LogP contribution >= 0.6 is 0 Å². The number of hydrogen-bond acceptors (Lipinski definition) is 1. The van der Waals surface area contributed by atoms with Crippen molar-refractivity contribution in [2.24, 2.45) is 0 Å². The summed E-state index contributed by atoms with van der Waals surface area (Å²) in [5, 5.41) is 2.46. The maximum atomic E-state index is 2.51. The summed E-state index contributed by atoms with van der Waals surface area (Å²) in [7, 11) is 0. The molecule has 8 aromatic rings. The normalized spacial score (nSPS) is 12.7. The van der Waals surface area contributed by atoms with Gasteiger partial charge in [-0.2, -0.15) is 0 Å². The minimum Gasteiger partial charge on any atom is -0.310 e. The molecule has 9 rings (SSSR count). The van der Waals surface area contributed by atoms with Crippen molar-refractivity contribution in [3.63, 3.8) is 0 Å². The van der Waals surface area contributed by atoms with E-state index in [-0.39, 0.29) is 5.41 Å². The van der Waals surface area contributed by atoms with E-state index in [2.05, 4.69) is 207 Å². The number of rotatable bonds is 8. The van der Waals surface area contributed by atoms with Gasteiger partial charge in [0.05, 0.1) is 5.69 Å². The van der Waals surface area contributed by atoms with Gasteiger partial charge < -0.3 is 4.90 Å². The van der Waals surface area contributed by atoms with Crippen molar-refractivity contribution in [2.75, 3.05) is 4.90 Å². The zero-order valence-corrected chi connectivity index (χ0v) is 29.8. The average Bonchev–Trinajstić information content (AvgIpc) is 3.51. The highest BCUT2D eigenvalue weighted by Gasteiger charge is 2.42. The molecule has 1 aliphatic carbocycles. The van der Waals surface area contributed by atoms with Gasteiger partial charge in [0.25, 0.3) is 0 Å². The zero-order valence-electron chi connectivity index (χ0n) is 29.8. The fraction of sp³-hybridized carbons (Fsp3) is 0.0980. The number of fused-ring (bicyclic) bond motifs is 4. The van der Waals surface area contributed by atoms with Crippen LogP contribution in [0.3, 0.4) is 0 Å². The Hall–Kier alpha value is -6.18. The quantitative estimate of drug-likeness (QED) is 0.156. The fourth-order valence-corrected chi connectivity index (χ4v) is 8.66. The van der Waals surface area contributed by atoms with Crippen molar-refractivity contribution in [1.29, 1.82) is 0 Å². The third kappa shape index (κ3) is 5.24. The molecule has 0 unspecified atom stereocenters. The van der Waals surface area contributed by atoms with Gasteiger partial charge in [-0.1, -0.05) is 166 Å². The molecule has 0 bridgehead atoms. The Kier molecular flexibility index (Phi) is 8.05. The van der Waals surface area contributed by atoms with Crippen LogP contribution in [0, 0.1) is 0 Å². The fourth-order valence-electron chi connectivity index (χ4n) is 8.66. The predicted molar refractivity (Wildman–Crippen MR) is 222 cm³/mol. The van der Waals surface area contributed by atoms with Crippen molar-refractivity contribution < 1.29 is 0 Å². The van der Waals surface area contributed by atoms with E-state index < -0.39 is 0 Å². The zero-order chi connectivity index (χ0) is 35.1. The molecule has 0 atom stereocenters. The molecule has 0 saturated carbocycles. The highest BCUT2D eigenvalue weighted by molar-refractivity contribution is 5.99. The summed E-state index contributed by atoms with van der Waals surface area (Å²) in [6, 6.07) is 69.1. The molecule has 0 amide bonds. The first-order valence-electron chi connectivity index (χ1n) is 18.6. The van der Waals surface area contributed by atoms with Crippen molar-refractivity contribution in [1.82, 2.24) is 0 Å². The van der Waals surface area contributed by atoms with Crippen LogP contribution in [0.15, 0.2) is 188 Å². The van der Waals surface area contributed by atoms with Crippen LogP contribution < -0.4 is 4.90 Å². The summed E-state index contributed by atoms with van der Waals surface area (Å²) in [6.45, 7) is 4.72. The van der Waals surface area contributed by atoms with Crippen LogP contribution in [-0.4, -0.2) is 0 Å². The molecule has 0 N–H and O–H groups in total. The number of anilines is 3. The van der Waals surface area contributed by atoms with Crippen LogP contribution in [0.1, 0.15) is 37.8 Å². The van der Waals surface area contributed by atoms with E-state index in [1.165, 1.54) is 72.1 Å². The third-order valence-corrected chi connectivity index (χ3v) is 11.3. The van der Waals surface area contributed by atoms with Crippen LogP contribution in [0.4, 0.5) is 17.1 Å². The summed E-state index contributed by atoms with van der Waals surface area (Å²) in [4.78, 5) is 2.49. The smallest absolute Gasteiger partial charge is 0.0546 e. The molecule has 1 heteroatoms. The van der Waals surface area contributed by atoms with Gasteiger partial charge in [-0.05, 0) is 110 Å². The van der Waals surface area contributed by atoms with Crippen molar-refractivity contribution in [2.45, 2.75) is 32.1 Å². The van der Waals surface area contributed by atoms with Crippen LogP contribution in [0.5, 0.6) is 0 Å². The van der Waals surface area contributed by atoms with Crippen LogP contribution in [-0.2, 0) is 5.41 Å². The molecule has 0 aromatic heterocycles. The van der Waals surface area contributed by atoms with Gasteiger partial charge in [0, 0.05) is 22.4 Å². The summed E-state index contributed by atoms with van der Waals surface area (Å²) in [6.07, 6.45) is 2.06. The largest absolute Gasteiger partial charge is 0.310 e. The first-order chi connectivity index (χ1) is 25.7. The van der Waals surface area contributed by atoms with E-state index in [9.17, 15) is 0 Å². The summed E-state index contributed by atoms with van der Waals surface area (Å²) in [5.41, 5.74) is 16.4. The van der Waals surface area contributed by atoms with E-state index in [0.717, 1.165) is 24.2 Å². The molecule has 8 aromatic carbocycles. The first-order valence-corrected chi connectivity index (χ1v) is 18.6. The van der Waals surface area contributed by atoms with Gasteiger partial charge in [-0.3, -0.25) is 0 Å².